The molecule has 0 atom stereocenters. The Morgan fingerprint density at radius 1 is 1.06 bits per heavy atom. The Morgan fingerprint density at radius 3 is 2.12 bits per heavy atom. The molecule has 1 radical (unpaired) electrons. The maximum absolute atomic E-state index is 10.7. The van der Waals surface area contributed by atoms with E-state index in [1.807, 2.05) is 6.07 Å². The summed E-state index contributed by atoms with van der Waals surface area (Å²) in [5, 5.41) is 17.2. The Morgan fingerprint density at radius 2 is 1.65 bits per heavy atom. The molecule has 0 aliphatic heterocycles. The molecule has 0 aromatic heterocycles. The first kappa shape index (κ1) is 15.6. The number of hydrogen-bond acceptors (Lipinski definition) is 2. The predicted molar refractivity (Wildman–Crippen MR) is 64.6 cm³/mol. The van der Waals surface area contributed by atoms with Crippen LogP contribution in [0.3, 0.4) is 0 Å². The smallest absolute Gasteiger partial charge is 0.335 e. The molecule has 5 heteroatoms. The molecule has 0 fully saturated rings. The first-order valence-corrected chi connectivity index (χ1v) is 4.50. The molecule has 0 aliphatic rings. The van der Waals surface area contributed by atoms with Gasteiger partial charge in [0.1, 0.15) is 0 Å². The molecular weight excluding hydrogens is 231 g/mol. The van der Waals surface area contributed by atoms with E-state index < -0.39 is 11.9 Å². The van der Waals surface area contributed by atoms with Gasteiger partial charge in [-0.2, -0.15) is 0 Å². The number of carboxylic acid groups (broad SMARTS) is 2. The normalized spacial score (nSPS) is 10.9. The summed E-state index contributed by atoms with van der Waals surface area (Å²) < 4.78 is 0. The van der Waals surface area contributed by atoms with Gasteiger partial charge < -0.3 is 10.2 Å². The van der Waals surface area contributed by atoms with Crippen LogP contribution in [0.25, 0.3) is 6.08 Å². The van der Waals surface area contributed by atoms with Gasteiger partial charge in [0.2, 0.25) is 0 Å². The molecule has 1 rings (SSSR count). The first-order valence-electron chi connectivity index (χ1n) is 4.50. The standard InChI is InChI=1S/C12H10O4.Na/c13-11(14)8-10(12(15)16)7-6-9-4-2-1-3-5-9;/h1-8H,(H,13,14)(H,15,16);/b7-6?,10-8-;. The van der Waals surface area contributed by atoms with Crippen LogP contribution in [0.2, 0.25) is 0 Å². The van der Waals surface area contributed by atoms with Crippen molar-refractivity contribution in [1.82, 2.24) is 0 Å². The molecule has 0 amide bonds. The first-order chi connectivity index (χ1) is 7.59. The molecule has 17 heavy (non-hydrogen) atoms. The quantitative estimate of drug-likeness (QED) is 0.475. The SMILES string of the molecule is O=C(O)/C=C(/C=Cc1ccccc1)C(=O)O.[Na]. The Balaban J connectivity index is 0.00000256. The second-order valence-corrected chi connectivity index (χ2v) is 2.99. The van der Waals surface area contributed by atoms with Crippen molar-refractivity contribution in [3.05, 3.63) is 53.6 Å². The maximum Gasteiger partial charge on any atom is 0.335 e. The summed E-state index contributed by atoms with van der Waals surface area (Å²) >= 11 is 0. The number of aliphatic carboxylic acids is 2. The summed E-state index contributed by atoms with van der Waals surface area (Å²) in [4.78, 5) is 21.0. The van der Waals surface area contributed by atoms with Crippen LogP contribution in [0.15, 0.2) is 48.1 Å². The third-order valence-electron chi connectivity index (χ3n) is 1.78. The molecule has 0 aliphatic carbocycles. The molecule has 2 N–H and O–H groups in total. The van der Waals surface area contributed by atoms with Crippen LogP contribution in [0, 0.1) is 0 Å². The van der Waals surface area contributed by atoms with E-state index in [2.05, 4.69) is 0 Å². The second kappa shape index (κ2) is 7.84. The fourth-order valence-corrected chi connectivity index (χ4v) is 1.06. The molecule has 0 unspecified atom stereocenters. The van der Waals surface area contributed by atoms with E-state index in [1.165, 1.54) is 6.08 Å². The summed E-state index contributed by atoms with van der Waals surface area (Å²) in [6.07, 6.45) is 3.45. The summed E-state index contributed by atoms with van der Waals surface area (Å²) in [7, 11) is 0. The maximum atomic E-state index is 10.7. The topological polar surface area (TPSA) is 74.6 Å². The van der Waals surface area contributed by atoms with Crippen molar-refractivity contribution >= 4 is 47.6 Å². The minimum Gasteiger partial charge on any atom is -0.478 e. The van der Waals surface area contributed by atoms with E-state index in [9.17, 15) is 9.59 Å². The molecule has 1 aromatic rings. The van der Waals surface area contributed by atoms with Gasteiger partial charge in [-0.3, -0.25) is 0 Å². The summed E-state index contributed by atoms with van der Waals surface area (Å²) in [5.41, 5.74) is 0.538. The average molecular weight is 241 g/mol. The number of benzene rings is 1. The monoisotopic (exact) mass is 241 g/mol. The summed E-state index contributed by atoms with van der Waals surface area (Å²) in [6, 6.07) is 9.03. The van der Waals surface area contributed by atoms with Crippen molar-refractivity contribution in [2.24, 2.45) is 0 Å². The van der Waals surface area contributed by atoms with Crippen molar-refractivity contribution < 1.29 is 19.8 Å². The van der Waals surface area contributed by atoms with Gasteiger partial charge in [0.25, 0.3) is 0 Å². The zero-order valence-corrected chi connectivity index (χ0v) is 11.3. The molecule has 0 spiro atoms. The largest absolute Gasteiger partial charge is 0.478 e. The van der Waals surface area contributed by atoms with Gasteiger partial charge in [-0.05, 0) is 11.6 Å². The van der Waals surface area contributed by atoms with Gasteiger partial charge in [0, 0.05) is 35.6 Å². The molecule has 0 heterocycles. The van der Waals surface area contributed by atoms with E-state index in [0.717, 1.165) is 5.56 Å². The molecule has 1 aromatic carbocycles. The molecule has 4 nitrogen and oxygen atoms in total. The van der Waals surface area contributed by atoms with Crippen molar-refractivity contribution in [1.29, 1.82) is 0 Å². The van der Waals surface area contributed by atoms with E-state index >= 15 is 0 Å². The third-order valence-corrected chi connectivity index (χ3v) is 1.78. The van der Waals surface area contributed by atoms with E-state index in [1.54, 1.807) is 30.3 Å². The molecule has 0 saturated heterocycles. The average Bonchev–Trinajstić information content (AvgIpc) is 2.25. The van der Waals surface area contributed by atoms with E-state index in [-0.39, 0.29) is 35.1 Å². The fraction of sp³-hybridized carbons (Fsp3) is 0. The number of carbonyl (C=O) groups is 2. The third kappa shape index (κ3) is 6.06. The minimum atomic E-state index is -1.28. The molecule has 0 bridgehead atoms. The van der Waals surface area contributed by atoms with Crippen molar-refractivity contribution in [2.75, 3.05) is 0 Å². The van der Waals surface area contributed by atoms with Gasteiger partial charge >= 0.3 is 11.9 Å². The van der Waals surface area contributed by atoms with Crippen molar-refractivity contribution in [2.45, 2.75) is 0 Å². The van der Waals surface area contributed by atoms with Crippen LogP contribution >= 0.6 is 0 Å². The number of hydrogen-bond donors (Lipinski definition) is 2. The Kier molecular flexibility index (Phi) is 7.21. The Labute approximate surface area is 121 Å². The van der Waals surface area contributed by atoms with Crippen molar-refractivity contribution in [3.8, 4) is 0 Å². The van der Waals surface area contributed by atoms with Crippen LogP contribution in [0.4, 0.5) is 0 Å². The van der Waals surface area contributed by atoms with Crippen LogP contribution in [-0.2, 0) is 9.59 Å². The predicted octanol–water partition coefficient (Wildman–Crippen LogP) is 1.41. The fourth-order valence-electron chi connectivity index (χ4n) is 1.06. The van der Waals surface area contributed by atoms with Gasteiger partial charge in [0.05, 0.1) is 5.57 Å². The second-order valence-electron chi connectivity index (χ2n) is 2.99. The van der Waals surface area contributed by atoms with Gasteiger partial charge in [0.15, 0.2) is 0 Å². The van der Waals surface area contributed by atoms with Crippen LogP contribution in [0.1, 0.15) is 5.56 Å². The van der Waals surface area contributed by atoms with Crippen LogP contribution < -0.4 is 0 Å². The summed E-state index contributed by atoms with van der Waals surface area (Å²) in [5.74, 6) is -2.55. The van der Waals surface area contributed by atoms with E-state index in [4.69, 9.17) is 10.2 Å². The van der Waals surface area contributed by atoms with Gasteiger partial charge in [-0.15, -0.1) is 0 Å². The molecular formula is C12H10NaO4. The zero-order chi connectivity index (χ0) is 12.0. The van der Waals surface area contributed by atoms with Crippen LogP contribution in [-0.4, -0.2) is 51.7 Å². The molecule has 0 saturated carbocycles. The van der Waals surface area contributed by atoms with Crippen LogP contribution in [0.5, 0.6) is 0 Å². The Bertz CT molecular complexity index is 449. The number of carboxylic acids is 2. The minimum absolute atomic E-state index is 0. The van der Waals surface area contributed by atoms with Gasteiger partial charge in [-0.1, -0.05) is 36.4 Å². The number of rotatable bonds is 4. The zero-order valence-electron chi connectivity index (χ0n) is 9.33. The van der Waals surface area contributed by atoms with Gasteiger partial charge in [-0.25, -0.2) is 9.59 Å². The van der Waals surface area contributed by atoms with E-state index in [0.29, 0.717) is 6.08 Å². The van der Waals surface area contributed by atoms with Crippen molar-refractivity contribution in [3.63, 3.8) is 0 Å². The summed E-state index contributed by atoms with van der Waals surface area (Å²) in [6.45, 7) is 0. The molecule has 83 valence electrons. The Hall–Kier alpha value is -1.36.